The Kier molecular flexibility index (Phi) is 8.11. The van der Waals surface area contributed by atoms with Crippen LogP contribution in [0.2, 0.25) is 0 Å². The number of nitrogens with zero attached hydrogens (tertiary/aromatic N) is 7. The number of amides is 1. The summed E-state index contributed by atoms with van der Waals surface area (Å²) in [5, 5.41) is 9.52. The van der Waals surface area contributed by atoms with Gasteiger partial charge in [-0.1, -0.05) is 24.8 Å². The maximum atomic E-state index is 12.5. The summed E-state index contributed by atoms with van der Waals surface area (Å²) in [6.45, 7) is 8.44. The molecular weight excluding hydrogens is 514 g/mol. The second-order valence-corrected chi connectivity index (χ2v) is 11.9. The molecule has 0 saturated carbocycles. The standard InChI is InChI=1S/C32H41N7O2/c1-3-30(40)39-19-18-37(21-25(39)14-15-33)31-27-13-12-24(38-17-6-9-23-8-4-5-11-29(23)38)20-28(27)34-32(35-31)41-26-10-7-16-36(2)22-26/h3-5,8,11,24-26H,1,6-7,9-10,12-14,16-22H2,2H3/t24?,25-,26+/m0/s1. The van der Waals surface area contributed by atoms with Crippen LogP contribution in [-0.2, 0) is 24.1 Å². The Balaban J connectivity index is 1.31. The van der Waals surface area contributed by atoms with Crippen molar-refractivity contribution in [3.63, 3.8) is 0 Å². The quantitative estimate of drug-likeness (QED) is 0.502. The molecule has 4 aliphatic rings. The lowest BCUT2D eigenvalue weighted by Gasteiger charge is -2.43. The molecular formula is C32H41N7O2. The molecule has 0 radical (unpaired) electrons. The number of ether oxygens (including phenoxy) is 1. The van der Waals surface area contributed by atoms with Gasteiger partial charge >= 0.3 is 6.01 Å². The number of carbonyl (C=O) groups excluding carboxylic acids is 1. The van der Waals surface area contributed by atoms with Crippen LogP contribution in [0.4, 0.5) is 11.5 Å². The van der Waals surface area contributed by atoms with Crippen molar-refractivity contribution < 1.29 is 9.53 Å². The fourth-order valence-electron chi connectivity index (χ4n) is 7.18. The Bertz CT molecular complexity index is 1320. The van der Waals surface area contributed by atoms with Gasteiger partial charge in [-0.15, -0.1) is 0 Å². The van der Waals surface area contributed by atoms with Crippen LogP contribution < -0.4 is 14.5 Å². The van der Waals surface area contributed by atoms with Crippen LogP contribution in [0, 0.1) is 11.3 Å². The number of para-hydroxylation sites is 1. The highest BCUT2D eigenvalue weighted by Crippen LogP contribution is 2.37. The third-order valence-electron chi connectivity index (χ3n) is 9.21. The molecule has 3 atom stereocenters. The van der Waals surface area contributed by atoms with Crippen LogP contribution in [0.25, 0.3) is 0 Å². The molecule has 1 aromatic carbocycles. The van der Waals surface area contributed by atoms with Crippen molar-refractivity contribution in [2.24, 2.45) is 0 Å². The summed E-state index contributed by atoms with van der Waals surface area (Å²) in [4.78, 5) is 31.6. The number of hydrogen-bond donors (Lipinski definition) is 0. The van der Waals surface area contributed by atoms with Gasteiger partial charge in [0.15, 0.2) is 0 Å². The topological polar surface area (TPSA) is 88.8 Å². The second kappa shape index (κ2) is 12.1. The summed E-state index contributed by atoms with van der Waals surface area (Å²) in [6, 6.07) is 11.7. The van der Waals surface area contributed by atoms with Crippen LogP contribution in [-0.4, -0.2) is 90.2 Å². The number of rotatable bonds is 6. The number of likely N-dealkylation sites (N-methyl/N-ethyl adjacent to an activating group) is 1. The first-order valence-corrected chi connectivity index (χ1v) is 15.2. The molecule has 4 heterocycles. The first kappa shape index (κ1) is 27.5. The number of anilines is 2. The van der Waals surface area contributed by atoms with E-state index in [9.17, 15) is 10.1 Å². The molecule has 216 valence electrons. The van der Waals surface area contributed by atoms with Crippen LogP contribution in [0.1, 0.15) is 48.9 Å². The van der Waals surface area contributed by atoms with Crippen molar-refractivity contribution in [1.29, 1.82) is 5.26 Å². The molecule has 1 aromatic heterocycles. The van der Waals surface area contributed by atoms with E-state index in [0.717, 1.165) is 69.7 Å². The Hall–Kier alpha value is -3.64. The van der Waals surface area contributed by atoms with E-state index in [0.29, 0.717) is 31.7 Å². The third-order valence-corrected chi connectivity index (χ3v) is 9.21. The lowest BCUT2D eigenvalue weighted by Crippen LogP contribution is -2.55. The zero-order chi connectivity index (χ0) is 28.3. The summed E-state index contributed by atoms with van der Waals surface area (Å²) in [5.74, 6) is 0.796. The first-order chi connectivity index (χ1) is 20.0. The van der Waals surface area contributed by atoms with Crippen molar-refractivity contribution in [3.8, 4) is 12.1 Å². The van der Waals surface area contributed by atoms with Gasteiger partial charge in [-0.3, -0.25) is 4.79 Å². The van der Waals surface area contributed by atoms with Crippen molar-refractivity contribution in [1.82, 2.24) is 19.8 Å². The van der Waals surface area contributed by atoms with Gasteiger partial charge in [0.05, 0.1) is 24.2 Å². The minimum Gasteiger partial charge on any atom is -0.459 e. The van der Waals surface area contributed by atoms with Gasteiger partial charge in [-0.25, -0.2) is 0 Å². The molecule has 41 heavy (non-hydrogen) atoms. The average molecular weight is 556 g/mol. The Morgan fingerprint density at radius 2 is 2.00 bits per heavy atom. The van der Waals surface area contributed by atoms with E-state index in [1.54, 1.807) is 4.90 Å². The normalized spacial score (nSPS) is 24.7. The molecule has 1 unspecified atom stereocenters. The molecule has 0 bridgehead atoms. The number of carbonyl (C=O) groups is 1. The Morgan fingerprint density at radius 1 is 1.12 bits per heavy atom. The summed E-state index contributed by atoms with van der Waals surface area (Å²) in [7, 11) is 2.13. The van der Waals surface area contributed by atoms with Crippen LogP contribution in [0.3, 0.4) is 0 Å². The van der Waals surface area contributed by atoms with Crippen molar-refractivity contribution >= 4 is 17.4 Å². The first-order valence-electron chi connectivity index (χ1n) is 15.2. The van der Waals surface area contributed by atoms with E-state index in [2.05, 4.69) is 58.7 Å². The molecule has 9 nitrogen and oxygen atoms in total. The number of nitriles is 1. The van der Waals surface area contributed by atoms with E-state index in [1.807, 2.05) is 0 Å². The zero-order valence-corrected chi connectivity index (χ0v) is 24.2. The summed E-state index contributed by atoms with van der Waals surface area (Å²) < 4.78 is 6.48. The number of benzene rings is 1. The number of piperidine rings is 1. The molecule has 2 fully saturated rings. The molecule has 0 spiro atoms. The van der Waals surface area contributed by atoms with E-state index >= 15 is 0 Å². The highest BCUT2D eigenvalue weighted by molar-refractivity contribution is 5.87. The van der Waals surface area contributed by atoms with Gasteiger partial charge in [-0.05, 0) is 69.8 Å². The largest absolute Gasteiger partial charge is 0.459 e. The fraction of sp³-hybridized carbons (Fsp3) is 0.562. The minimum absolute atomic E-state index is 0.0707. The lowest BCUT2D eigenvalue weighted by atomic mass is 9.88. The number of aryl methyl sites for hydroxylation is 1. The average Bonchev–Trinajstić information content (AvgIpc) is 3.00. The monoisotopic (exact) mass is 555 g/mol. The number of fused-ring (bicyclic) bond motifs is 2. The summed E-state index contributed by atoms with van der Waals surface area (Å²) in [5.41, 5.74) is 5.08. The Labute approximate surface area is 243 Å². The third kappa shape index (κ3) is 5.76. The Morgan fingerprint density at radius 3 is 2.83 bits per heavy atom. The molecule has 9 heteroatoms. The van der Waals surface area contributed by atoms with Crippen LogP contribution in [0.5, 0.6) is 6.01 Å². The molecule has 2 saturated heterocycles. The molecule has 1 amide bonds. The molecule has 2 aromatic rings. The molecule has 3 aliphatic heterocycles. The maximum Gasteiger partial charge on any atom is 0.318 e. The number of likely N-dealkylation sites (tertiary alicyclic amines) is 1. The van der Waals surface area contributed by atoms with Crippen molar-refractivity contribution in [2.45, 2.75) is 69.6 Å². The fourth-order valence-corrected chi connectivity index (χ4v) is 7.18. The number of piperazine rings is 1. The predicted octanol–water partition coefficient (Wildman–Crippen LogP) is 3.38. The van der Waals surface area contributed by atoms with E-state index in [4.69, 9.17) is 14.7 Å². The van der Waals surface area contributed by atoms with E-state index in [1.165, 1.54) is 29.3 Å². The van der Waals surface area contributed by atoms with Gasteiger partial charge in [0.2, 0.25) is 5.91 Å². The van der Waals surface area contributed by atoms with Crippen LogP contribution in [0.15, 0.2) is 36.9 Å². The van der Waals surface area contributed by atoms with E-state index in [-0.39, 0.29) is 24.5 Å². The van der Waals surface area contributed by atoms with Gasteiger partial charge in [0.25, 0.3) is 0 Å². The molecule has 1 aliphatic carbocycles. The van der Waals surface area contributed by atoms with Gasteiger partial charge < -0.3 is 24.3 Å². The highest BCUT2D eigenvalue weighted by Gasteiger charge is 2.35. The summed E-state index contributed by atoms with van der Waals surface area (Å²) >= 11 is 0. The van der Waals surface area contributed by atoms with E-state index < -0.39 is 0 Å². The summed E-state index contributed by atoms with van der Waals surface area (Å²) in [6.07, 6.45) is 8.91. The lowest BCUT2D eigenvalue weighted by molar-refractivity contribution is -0.128. The van der Waals surface area contributed by atoms with Gasteiger partial charge in [0.1, 0.15) is 11.9 Å². The maximum absolute atomic E-state index is 12.5. The second-order valence-electron chi connectivity index (χ2n) is 11.9. The number of aromatic nitrogens is 2. The number of hydrogen-bond acceptors (Lipinski definition) is 8. The minimum atomic E-state index is -0.206. The van der Waals surface area contributed by atoms with Crippen LogP contribution >= 0.6 is 0 Å². The zero-order valence-electron chi connectivity index (χ0n) is 24.2. The van der Waals surface area contributed by atoms with Crippen molar-refractivity contribution in [3.05, 3.63) is 53.7 Å². The molecule has 6 rings (SSSR count). The van der Waals surface area contributed by atoms with Gasteiger partial charge in [0, 0.05) is 56.4 Å². The molecule has 0 N–H and O–H groups in total. The smallest absolute Gasteiger partial charge is 0.318 e. The van der Waals surface area contributed by atoms with Crippen molar-refractivity contribution in [2.75, 3.05) is 56.1 Å². The highest BCUT2D eigenvalue weighted by atomic mass is 16.5. The predicted molar refractivity (Wildman–Crippen MR) is 159 cm³/mol. The van der Waals surface area contributed by atoms with Gasteiger partial charge in [-0.2, -0.15) is 15.2 Å². The SMILES string of the molecule is C=CC(=O)N1CCN(c2nc(O[C@@H]3CCCN(C)C3)nc3c2CCC(N2CCCc4ccccc42)C3)C[C@@H]1CC#N.